The summed E-state index contributed by atoms with van der Waals surface area (Å²) in [6.45, 7) is 6.98. The predicted molar refractivity (Wildman–Crippen MR) is 92.6 cm³/mol. The van der Waals surface area contributed by atoms with Crippen molar-refractivity contribution in [2.75, 3.05) is 19.6 Å². The lowest BCUT2D eigenvalue weighted by molar-refractivity contribution is 0.149. The molecule has 0 spiro atoms. The van der Waals surface area contributed by atoms with Crippen LogP contribution in [-0.2, 0) is 13.1 Å². The van der Waals surface area contributed by atoms with Crippen molar-refractivity contribution in [1.29, 1.82) is 0 Å². The van der Waals surface area contributed by atoms with Crippen molar-refractivity contribution < 1.29 is 0 Å². The van der Waals surface area contributed by atoms with E-state index >= 15 is 0 Å². The molecule has 1 aromatic heterocycles. The first-order valence-corrected chi connectivity index (χ1v) is 7.86. The number of nitrogens with zero attached hydrogens (tertiary/aromatic N) is 3. The maximum Gasteiger partial charge on any atom is 0.0524 e. The van der Waals surface area contributed by atoms with Gasteiger partial charge >= 0.3 is 0 Å². The molecule has 22 heavy (non-hydrogen) atoms. The molecule has 0 bridgehead atoms. The molecule has 1 aliphatic rings. The molecule has 1 aliphatic heterocycles. The lowest BCUT2D eigenvalue weighted by Crippen LogP contribution is -2.45. The predicted octanol–water partition coefficient (Wildman–Crippen LogP) is 3.12. The van der Waals surface area contributed by atoms with Gasteiger partial charge in [0, 0.05) is 50.0 Å². The molecule has 1 atom stereocenters. The Balaban J connectivity index is 0.00000176. The zero-order valence-corrected chi connectivity index (χ0v) is 14.3. The van der Waals surface area contributed by atoms with E-state index in [9.17, 15) is 0 Å². The lowest BCUT2D eigenvalue weighted by Gasteiger charge is -2.36. The van der Waals surface area contributed by atoms with E-state index in [0.717, 1.165) is 37.7 Å². The topological polar surface area (TPSA) is 33.1 Å². The van der Waals surface area contributed by atoms with E-state index in [-0.39, 0.29) is 12.4 Å². The Morgan fingerprint density at radius 2 is 2.23 bits per heavy atom. The maximum atomic E-state index is 6.15. The largest absolute Gasteiger partial charge is 0.314 e. The third kappa shape index (κ3) is 3.82. The van der Waals surface area contributed by atoms with Crippen molar-refractivity contribution >= 4 is 24.0 Å². The molecule has 1 unspecified atom stereocenters. The van der Waals surface area contributed by atoms with Gasteiger partial charge in [-0.2, -0.15) is 5.10 Å². The Morgan fingerprint density at radius 1 is 1.36 bits per heavy atom. The van der Waals surface area contributed by atoms with Crippen LogP contribution in [0.25, 0.3) is 0 Å². The SMILES string of the molecule is CCn1nccc1CN1CCNCC1c1cccc(Cl)c1.Cl. The summed E-state index contributed by atoms with van der Waals surface area (Å²) in [6.07, 6.45) is 1.88. The lowest BCUT2D eigenvalue weighted by atomic mass is 10.0. The minimum absolute atomic E-state index is 0. The van der Waals surface area contributed by atoms with Gasteiger partial charge in [-0.05, 0) is 30.7 Å². The molecule has 120 valence electrons. The van der Waals surface area contributed by atoms with Gasteiger partial charge in [0.25, 0.3) is 0 Å². The molecule has 1 N–H and O–H groups in total. The summed E-state index contributed by atoms with van der Waals surface area (Å²) in [5.41, 5.74) is 2.55. The number of benzene rings is 1. The minimum atomic E-state index is 0. The fourth-order valence-corrected chi connectivity index (χ4v) is 3.16. The van der Waals surface area contributed by atoms with Crippen molar-refractivity contribution in [3.8, 4) is 0 Å². The molecule has 0 saturated carbocycles. The van der Waals surface area contributed by atoms with Crippen LogP contribution in [0.1, 0.15) is 24.2 Å². The zero-order chi connectivity index (χ0) is 14.7. The van der Waals surface area contributed by atoms with Gasteiger partial charge in [-0.1, -0.05) is 23.7 Å². The van der Waals surface area contributed by atoms with Crippen LogP contribution in [-0.4, -0.2) is 34.3 Å². The molecule has 2 aromatic rings. The van der Waals surface area contributed by atoms with Gasteiger partial charge in [0.05, 0.1) is 5.69 Å². The smallest absolute Gasteiger partial charge is 0.0524 e. The third-order valence-corrected chi connectivity index (χ3v) is 4.29. The van der Waals surface area contributed by atoms with Gasteiger partial charge in [-0.3, -0.25) is 9.58 Å². The number of piperazine rings is 1. The molecule has 1 saturated heterocycles. The maximum absolute atomic E-state index is 6.15. The molecule has 4 nitrogen and oxygen atoms in total. The number of aryl methyl sites for hydroxylation is 1. The first-order valence-electron chi connectivity index (χ1n) is 7.49. The van der Waals surface area contributed by atoms with E-state index < -0.39 is 0 Å². The summed E-state index contributed by atoms with van der Waals surface area (Å²) in [6, 6.07) is 10.7. The highest BCUT2D eigenvalue weighted by Gasteiger charge is 2.24. The van der Waals surface area contributed by atoms with Crippen LogP contribution in [0.4, 0.5) is 0 Å². The summed E-state index contributed by atoms with van der Waals surface area (Å²) in [7, 11) is 0. The van der Waals surface area contributed by atoms with Crippen molar-refractivity contribution in [3.05, 3.63) is 52.8 Å². The fourth-order valence-electron chi connectivity index (χ4n) is 2.97. The molecule has 2 heterocycles. The molecule has 0 radical (unpaired) electrons. The third-order valence-electron chi connectivity index (χ3n) is 4.06. The van der Waals surface area contributed by atoms with Crippen LogP contribution < -0.4 is 5.32 Å². The van der Waals surface area contributed by atoms with E-state index in [1.165, 1.54) is 11.3 Å². The molecule has 0 aliphatic carbocycles. The van der Waals surface area contributed by atoms with Crippen molar-refractivity contribution in [1.82, 2.24) is 20.0 Å². The van der Waals surface area contributed by atoms with E-state index in [1.807, 2.05) is 18.3 Å². The monoisotopic (exact) mass is 340 g/mol. The number of rotatable bonds is 4. The minimum Gasteiger partial charge on any atom is -0.314 e. The van der Waals surface area contributed by atoms with Gasteiger partial charge in [0.2, 0.25) is 0 Å². The molecule has 3 rings (SSSR count). The second kappa shape index (κ2) is 7.97. The number of hydrogen-bond acceptors (Lipinski definition) is 3. The Morgan fingerprint density at radius 3 is 3.00 bits per heavy atom. The van der Waals surface area contributed by atoms with Crippen LogP contribution in [0.2, 0.25) is 5.02 Å². The van der Waals surface area contributed by atoms with Gasteiger partial charge in [-0.25, -0.2) is 0 Å². The molecule has 6 heteroatoms. The zero-order valence-electron chi connectivity index (χ0n) is 12.7. The highest BCUT2D eigenvalue weighted by atomic mass is 35.5. The molecule has 1 fully saturated rings. The quantitative estimate of drug-likeness (QED) is 0.928. The van der Waals surface area contributed by atoms with E-state index in [1.54, 1.807) is 0 Å². The fraction of sp³-hybridized carbons (Fsp3) is 0.438. The van der Waals surface area contributed by atoms with Gasteiger partial charge in [0.1, 0.15) is 0 Å². The average molecular weight is 341 g/mol. The van der Waals surface area contributed by atoms with Gasteiger partial charge in [0.15, 0.2) is 0 Å². The van der Waals surface area contributed by atoms with Crippen LogP contribution in [0, 0.1) is 0 Å². The summed E-state index contributed by atoms with van der Waals surface area (Å²) in [5, 5.41) is 8.65. The Kier molecular flexibility index (Phi) is 6.26. The second-order valence-corrected chi connectivity index (χ2v) is 5.82. The Hall–Kier alpha value is -1.07. The van der Waals surface area contributed by atoms with E-state index in [4.69, 9.17) is 11.6 Å². The van der Waals surface area contributed by atoms with Gasteiger partial charge < -0.3 is 5.32 Å². The van der Waals surface area contributed by atoms with E-state index in [2.05, 4.69) is 45.1 Å². The summed E-state index contributed by atoms with van der Waals surface area (Å²) in [4.78, 5) is 2.51. The van der Waals surface area contributed by atoms with Crippen molar-refractivity contribution in [3.63, 3.8) is 0 Å². The Bertz CT molecular complexity index is 599. The molecule has 0 amide bonds. The van der Waals surface area contributed by atoms with Gasteiger partial charge in [-0.15, -0.1) is 12.4 Å². The standard InChI is InChI=1S/C16H21ClN4.ClH/c1-2-21-15(6-7-19-21)12-20-9-8-18-11-16(20)13-4-3-5-14(17)10-13;/h3-7,10,16,18H,2,8-9,11-12H2,1H3;1H. The van der Waals surface area contributed by atoms with Crippen LogP contribution >= 0.6 is 24.0 Å². The first-order chi connectivity index (χ1) is 10.3. The van der Waals surface area contributed by atoms with E-state index in [0.29, 0.717) is 6.04 Å². The van der Waals surface area contributed by atoms with Crippen molar-refractivity contribution in [2.45, 2.75) is 26.1 Å². The highest BCUT2D eigenvalue weighted by Crippen LogP contribution is 2.26. The number of nitrogens with one attached hydrogen (secondary N) is 1. The Labute approximate surface area is 142 Å². The van der Waals surface area contributed by atoms with Crippen LogP contribution in [0.3, 0.4) is 0 Å². The summed E-state index contributed by atoms with van der Waals surface area (Å²) in [5.74, 6) is 0. The number of halogens is 2. The average Bonchev–Trinajstić information content (AvgIpc) is 2.95. The highest BCUT2D eigenvalue weighted by molar-refractivity contribution is 6.30. The van der Waals surface area contributed by atoms with Crippen LogP contribution in [0.15, 0.2) is 36.5 Å². The first kappa shape index (κ1) is 17.3. The summed E-state index contributed by atoms with van der Waals surface area (Å²) < 4.78 is 2.07. The number of hydrogen-bond donors (Lipinski definition) is 1. The number of aromatic nitrogens is 2. The van der Waals surface area contributed by atoms with Crippen LogP contribution in [0.5, 0.6) is 0 Å². The normalized spacial score (nSPS) is 18.9. The van der Waals surface area contributed by atoms with Crippen molar-refractivity contribution in [2.24, 2.45) is 0 Å². The molecular formula is C16H22Cl2N4. The second-order valence-electron chi connectivity index (χ2n) is 5.38. The molecular weight excluding hydrogens is 319 g/mol. The molecule has 1 aromatic carbocycles. The summed E-state index contributed by atoms with van der Waals surface area (Å²) >= 11 is 6.15.